The number of hydrogen-bond donors (Lipinski definition) is 0. The van der Waals surface area contributed by atoms with Crippen LogP contribution in [0.4, 0.5) is 0 Å². The van der Waals surface area contributed by atoms with Crippen molar-refractivity contribution in [1.82, 2.24) is 19.0 Å². The Morgan fingerprint density at radius 3 is 2.62 bits per heavy atom. The van der Waals surface area contributed by atoms with Crippen molar-refractivity contribution in [2.75, 3.05) is 39.4 Å². The van der Waals surface area contributed by atoms with Crippen LogP contribution in [0.1, 0.15) is 25.0 Å². The van der Waals surface area contributed by atoms with Crippen molar-refractivity contribution in [2.24, 2.45) is 12.5 Å². The molecule has 3 heterocycles. The van der Waals surface area contributed by atoms with E-state index in [0.29, 0.717) is 24.2 Å². The van der Waals surface area contributed by atoms with Crippen LogP contribution in [0, 0.1) is 12.3 Å². The maximum absolute atomic E-state index is 12.8. The molecule has 4 rings (SSSR count). The van der Waals surface area contributed by atoms with E-state index in [1.807, 2.05) is 6.92 Å². The Balaban J connectivity index is 1.42. The highest BCUT2D eigenvalue weighted by molar-refractivity contribution is 7.89. The molecule has 2 aliphatic heterocycles. The second kappa shape index (κ2) is 5.79. The number of rotatable bonds is 3. The van der Waals surface area contributed by atoms with Gasteiger partial charge < -0.3 is 4.74 Å². The second-order valence-electron chi connectivity index (χ2n) is 7.57. The summed E-state index contributed by atoms with van der Waals surface area (Å²) < 4.78 is 34.2. The molecule has 1 saturated carbocycles. The number of sulfonamides is 1. The average Bonchev–Trinajstić information content (AvgIpc) is 3.11. The summed E-state index contributed by atoms with van der Waals surface area (Å²) in [5.41, 5.74) is 0.920. The quantitative estimate of drug-likeness (QED) is 0.795. The van der Waals surface area contributed by atoms with Gasteiger partial charge in [-0.15, -0.1) is 0 Å². The topological polar surface area (TPSA) is 67.7 Å². The van der Waals surface area contributed by atoms with Crippen molar-refractivity contribution in [3.63, 3.8) is 0 Å². The van der Waals surface area contributed by atoms with Gasteiger partial charge in [0, 0.05) is 39.3 Å². The minimum absolute atomic E-state index is 0.184. The van der Waals surface area contributed by atoms with E-state index >= 15 is 0 Å². The molecule has 0 radical (unpaired) electrons. The van der Waals surface area contributed by atoms with Gasteiger partial charge in [-0.05, 0) is 37.7 Å². The molecule has 1 atom stereocenters. The smallest absolute Gasteiger partial charge is 0.260 e. The first kappa shape index (κ1) is 16.5. The van der Waals surface area contributed by atoms with Gasteiger partial charge in [0.15, 0.2) is 5.03 Å². The summed E-state index contributed by atoms with van der Waals surface area (Å²) >= 11 is 0. The van der Waals surface area contributed by atoms with E-state index < -0.39 is 10.0 Å². The Bertz CT molecular complexity index is 718. The number of hydrogen-bond acceptors (Lipinski definition) is 5. The van der Waals surface area contributed by atoms with Crippen LogP contribution in [0.25, 0.3) is 0 Å². The minimum Gasteiger partial charge on any atom is -0.379 e. The molecule has 7 nitrogen and oxygen atoms in total. The van der Waals surface area contributed by atoms with Gasteiger partial charge in [0.1, 0.15) is 0 Å². The first-order chi connectivity index (χ1) is 11.4. The molecule has 24 heavy (non-hydrogen) atoms. The van der Waals surface area contributed by atoms with Gasteiger partial charge in [-0.3, -0.25) is 9.58 Å². The highest BCUT2D eigenvalue weighted by Gasteiger charge is 2.53. The molecule has 1 aliphatic carbocycles. The van der Waals surface area contributed by atoms with Crippen molar-refractivity contribution in [3.05, 3.63) is 11.8 Å². The minimum atomic E-state index is -3.42. The predicted molar refractivity (Wildman–Crippen MR) is 89.2 cm³/mol. The van der Waals surface area contributed by atoms with E-state index in [2.05, 4.69) is 10.00 Å². The Hall–Kier alpha value is -0.960. The summed E-state index contributed by atoms with van der Waals surface area (Å²) in [6, 6.07) is 2.25. The van der Waals surface area contributed by atoms with Crippen LogP contribution in [0.5, 0.6) is 0 Å². The lowest BCUT2D eigenvalue weighted by atomic mass is 9.80. The Morgan fingerprint density at radius 1 is 1.29 bits per heavy atom. The summed E-state index contributed by atoms with van der Waals surface area (Å²) in [4.78, 5) is 2.53. The third-order valence-electron chi connectivity index (χ3n) is 5.83. The zero-order valence-electron chi connectivity index (χ0n) is 14.4. The van der Waals surface area contributed by atoms with Crippen LogP contribution in [-0.4, -0.2) is 72.8 Å². The first-order valence-corrected chi connectivity index (χ1v) is 10.2. The Morgan fingerprint density at radius 2 is 2.00 bits per heavy atom. The number of aryl methyl sites for hydroxylation is 2. The molecule has 0 unspecified atom stereocenters. The fourth-order valence-electron chi connectivity index (χ4n) is 4.55. The lowest BCUT2D eigenvalue weighted by Gasteiger charge is -2.47. The maximum atomic E-state index is 12.8. The van der Waals surface area contributed by atoms with Crippen molar-refractivity contribution >= 4 is 10.0 Å². The van der Waals surface area contributed by atoms with Gasteiger partial charge in [-0.25, -0.2) is 8.42 Å². The summed E-state index contributed by atoms with van der Waals surface area (Å²) in [6.07, 6.45) is 3.42. The van der Waals surface area contributed by atoms with Gasteiger partial charge in [0.25, 0.3) is 10.0 Å². The predicted octanol–water partition coefficient (Wildman–Crippen LogP) is 0.604. The fourth-order valence-corrected chi connectivity index (χ4v) is 6.40. The van der Waals surface area contributed by atoms with Gasteiger partial charge >= 0.3 is 0 Å². The number of morpholine rings is 1. The van der Waals surface area contributed by atoms with E-state index in [-0.39, 0.29) is 5.41 Å². The zero-order valence-corrected chi connectivity index (χ0v) is 15.3. The molecule has 1 spiro atoms. The number of nitrogens with zero attached hydrogens (tertiary/aromatic N) is 4. The zero-order chi connectivity index (χ0) is 16.9. The third-order valence-corrected chi connectivity index (χ3v) is 7.67. The van der Waals surface area contributed by atoms with Gasteiger partial charge in [0.05, 0.1) is 18.9 Å². The lowest BCUT2D eigenvalue weighted by molar-refractivity contribution is 0.00811. The molecule has 1 aromatic rings. The van der Waals surface area contributed by atoms with Crippen molar-refractivity contribution in [2.45, 2.75) is 37.3 Å². The van der Waals surface area contributed by atoms with E-state index in [0.717, 1.165) is 44.8 Å². The normalized spacial score (nSPS) is 28.3. The third kappa shape index (κ3) is 2.69. The largest absolute Gasteiger partial charge is 0.379 e. The summed E-state index contributed by atoms with van der Waals surface area (Å²) in [5, 5.41) is 4.48. The number of ether oxygens (including phenoxy) is 1. The standard InChI is InChI=1S/C16H26N4O3S/c1-13-9-15(18(2)17-13)24(21,22)20-11-16(12-20)4-3-14(10-16)19-5-7-23-8-6-19/h9,14H,3-8,10-12H2,1-2H3/t14-/m1/s1. The fraction of sp³-hybridized carbons (Fsp3) is 0.812. The first-order valence-electron chi connectivity index (χ1n) is 8.72. The molecule has 2 saturated heterocycles. The van der Waals surface area contributed by atoms with Crippen LogP contribution in [0.2, 0.25) is 0 Å². The second-order valence-corrected chi connectivity index (χ2v) is 9.45. The summed E-state index contributed by atoms with van der Waals surface area (Å²) in [5.74, 6) is 0. The highest BCUT2D eigenvalue weighted by Crippen LogP contribution is 2.48. The van der Waals surface area contributed by atoms with Crippen LogP contribution < -0.4 is 0 Å². The lowest BCUT2D eigenvalue weighted by Crippen LogP contribution is -2.58. The monoisotopic (exact) mass is 354 g/mol. The number of aromatic nitrogens is 2. The van der Waals surface area contributed by atoms with E-state index in [1.54, 1.807) is 17.4 Å². The molecule has 0 aromatic carbocycles. The molecule has 3 fully saturated rings. The molecule has 1 aromatic heterocycles. The van der Waals surface area contributed by atoms with Crippen LogP contribution in [0.3, 0.4) is 0 Å². The Kier molecular flexibility index (Phi) is 3.98. The van der Waals surface area contributed by atoms with Crippen LogP contribution >= 0.6 is 0 Å². The van der Waals surface area contributed by atoms with E-state index in [4.69, 9.17) is 4.74 Å². The van der Waals surface area contributed by atoms with E-state index in [9.17, 15) is 8.42 Å². The molecular formula is C16H26N4O3S. The van der Waals surface area contributed by atoms with Gasteiger partial charge in [-0.1, -0.05) is 0 Å². The van der Waals surface area contributed by atoms with E-state index in [1.165, 1.54) is 11.1 Å². The maximum Gasteiger partial charge on any atom is 0.260 e. The SMILES string of the molecule is Cc1cc(S(=O)(=O)N2CC3(CC[C@@H](N4CCOCC4)C3)C2)n(C)n1. The molecule has 3 aliphatic rings. The molecule has 134 valence electrons. The van der Waals surface area contributed by atoms with Gasteiger partial charge in [-0.2, -0.15) is 9.40 Å². The van der Waals surface area contributed by atoms with Crippen LogP contribution in [0.15, 0.2) is 11.1 Å². The molecule has 0 N–H and O–H groups in total. The summed E-state index contributed by atoms with van der Waals surface area (Å²) in [6.45, 7) is 6.79. The highest BCUT2D eigenvalue weighted by atomic mass is 32.2. The summed E-state index contributed by atoms with van der Waals surface area (Å²) in [7, 11) is -1.72. The molecule has 8 heteroatoms. The molecule has 0 amide bonds. The Labute approximate surface area is 143 Å². The average molecular weight is 354 g/mol. The van der Waals surface area contributed by atoms with Crippen molar-refractivity contribution < 1.29 is 13.2 Å². The van der Waals surface area contributed by atoms with Crippen molar-refractivity contribution in [3.8, 4) is 0 Å². The molecular weight excluding hydrogens is 328 g/mol. The van der Waals surface area contributed by atoms with Gasteiger partial charge in [0.2, 0.25) is 0 Å². The molecule has 0 bridgehead atoms. The van der Waals surface area contributed by atoms with Crippen LogP contribution in [-0.2, 0) is 21.8 Å². The van der Waals surface area contributed by atoms with Crippen molar-refractivity contribution in [1.29, 1.82) is 0 Å².